The normalized spacial score (nSPS) is 11.7. The molecular formula is C22H27ClN2O2S. The number of nitrogens with one attached hydrogen (secondary N) is 1. The number of carbonyl (C=O) groups is 2. The van der Waals surface area contributed by atoms with E-state index in [0.717, 1.165) is 11.3 Å². The van der Waals surface area contributed by atoms with E-state index in [1.165, 1.54) is 11.1 Å². The van der Waals surface area contributed by atoms with Crippen LogP contribution in [0.15, 0.2) is 48.5 Å². The van der Waals surface area contributed by atoms with E-state index in [9.17, 15) is 9.59 Å². The van der Waals surface area contributed by atoms with Gasteiger partial charge in [-0.3, -0.25) is 9.59 Å². The van der Waals surface area contributed by atoms with Crippen molar-refractivity contribution >= 4 is 35.2 Å². The summed E-state index contributed by atoms with van der Waals surface area (Å²) in [5.74, 6) is 0.892. The lowest BCUT2D eigenvalue weighted by Crippen LogP contribution is -2.48. The fourth-order valence-corrected chi connectivity index (χ4v) is 3.82. The molecule has 0 heterocycles. The van der Waals surface area contributed by atoms with Crippen LogP contribution < -0.4 is 5.32 Å². The van der Waals surface area contributed by atoms with Crippen molar-refractivity contribution in [1.29, 1.82) is 0 Å². The molecule has 0 aromatic heterocycles. The topological polar surface area (TPSA) is 49.4 Å². The minimum absolute atomic E-state index is 0.0497. The average Bonchev–Trinajstić information content (AvgIpc) is 2.67. The summed E-state index contributed by atoms with van der Waals surface area (Å²) in [7, 11) is 0. The Morgan fingerprint density at radius 2 is 1.86 bits per heavy atom. The number of rotatable bonds is 9. The number of carbonyl (C=O) groups excluding carboxylic acids is 2. The second-order valence-corrected chi connectivity index (χ2v) is 8.12. The van der Waals surface area contributed by atoms with Crippen molar-refractivity contribution in [2.75, 3.05) is 12.3 Å². The van der Waals surface area contributed by atoms with Crippen LogP contribution in [0.4, 0.5) is 0 Å². The molecule has 0 saturated heterocycles. The first-order valence-electron chi connectivity index (χ1n) is 9.35. The van der Waals surface area contributed by atoms with Crippen molar-refractivity contribution in [3.8, 4) is 0 Å². The van der Waals surface area contributed by atoms with Gasteiger partial charge in [0.2, 0.25) is 11.8 Å². The number of nitrogens with zero attached hydrogens (tertiary/aromatic N) is 1. The lowest BCUT2D eigenvalue weighted by Gasteiger charge is -2.28. The van der Waals surface area contributed by atoms with Crippen molar-refractivity contribution in [3.05, 3.63) is 70.2 Å². The van der Waals surface area contributed by atoms with Gasteiger partial charge in [-0.05, 0) is 44.0 Å². The first-order valence-corrected chi connectivity index (χ1v) is 10.9. The zero-order valence-corrected chi connectivity index (χ0v) is 18.1. The molecular weight excluding hydrogens is 392 g/mol. The molecule has 0 aliphatic heterocycles. The summed E-state index contributed by atoms with van der Waals surface area (Å²) in [5.41, 5.74) is 3.34. The molecule has 2 aromatic carbocycles. The first-order chi connectivity index (χ1) is 13.4. The van der Waals surface area contributed by atoms with E-state index in [1.807, 2.05) is 25.1 Å². The van der Waals surface area contributed by atoms with E-state index in [1.54, 1.807) is 35.7 Å². The Morgan fingerprint density at radius 3 is 2.50 bits per heavy atom. The maximum atomic E-state index is 12.9. The van der Waals surface area contributed by atoms with Gasteiger partial charge in [0.05, 0.1) is 5.75 Å². The lowest BCUT2D eigenvalue weighted by atomic mass is 10.1. The molecule has 150 valence electrons. The van der Waals surface area contributed by atoms with Crippen LogP contribution >= 0.6 is 23.4 Å². The molecule has 0 saturated carbocycles. The third-order valence-corrected chi connectivity index (χ3v) is 5.60. The summed E-state index contributed by atoms with van der Waals surface area (Å²) >= 11 is 7.52. The Balaban J connectivity index is 2.04. The van der Waals surface area contributed by atoms with Crippen LogP contribution in [0.25, 0.3) is 0 Å². The Morgan fingerprint density at radius 1 is 1.14 bits per heavy atom. The number of hydrogen-bond donors (Lipinski definition) is 1. The number of thioether (sulfide) groups is 1. The highest BCUT2D eigenvalue weighted by atomic mass is 35.5. The number of halogens is 1. The predicted molar refractivity (Wildman–Crippen MR) is 117 cm³/mol. The molecule has 1 N–H and O–H groups in total. The quantitative estimate of drug-likeness (QED) is 0.655. The van der Waals surface area contributed by atoms with Gasteiger partial charge >= 0.3 is 0 Å². The number of hydrogen-bond acceptors (Lipinski definition) is 3. The minimum Gasteiger partial charge on any atom is -0.355 e. The fraction of sp³-hybridized carbons (Fsp3) is 0.364. The van der Waals surface area contributed by atoms with Crippen molar-refractivity contribution < 1.29 is 9.59 Å². The second kappa shape index (κ2) is 11.1. The summed E-state index contributed by atoms with van der Waals surface area (Å²) in [6, 6.07) is 15.1. The molecule has 0 aliphatic rings. The van der Waals surface area contributed by atoms with Crippen LogP contribution in [-0.2, 0) is 21.9 Å². The SMILES string of the molecule is CCNC(=O)[C@H](C)N(Cc1ccc(Cl)cc1)C(=O)CSCc1cccc(C)c1. The number of amides is 2. The zero-order chi connectivity index (χ0) is 20.5. The molecule has 2 aromatic rings. The summed E-state index contributed by atoms with van der Waals surface area (Å²) in [6.07, 6.45) is 0. The molecule has 4 nitrogen and oxygen atoms in total. The fourth-order valence-electron chi connectivity index (χ4n) is 2.83. The maximum Gasteiger partial charge on any atom is 0.242 e. The first kappa shape index (κ1) is 22.3. The van der Waals surface area contributed by atoms with Crippen molar-refractivity contribution in [2.24, 2.45) is 0 Å². The summed E-state index contributed by atoms with van der Waals surface area (Å²) in [6.45, 7) is 6.60. The molecule has 6 heteroatoms. The van der Waals surface area contributed by atoms with E-state index in [4.69, 9.17) is 11.6 Å². The standard InChI is InChI=1S/C22H27ClN2O2S/c1-4-24-22(27)17(3)25(13-18-8-10-20(23)11-9-18)21(26)15-28-14-19-7-5-6-16(2)12-19/h5-12,17H,4,13-15H2,1-3H3,(H,24,27)/t17-/m0/s1. The van der Waals surface area contributed by atoms with Crippen LogP contribution in [0.3, 0.4) is 0 Å². The van der Waals surface area contributed by atoms with Crippen molar-refractivity contribution in [1.82, 2.24) is 10.2 Å². The number of benzene rings is 2. The third-order valence-electron chi connectivity index (χ3n) is 4.36. The molecule has 0 bridgehead atoms. The molecule has 0 aliphatic carbocycles. The molecule has 0 spiro atoms. The van der Waals surface area contributed by atoms with E-state index in [2.05, 4.69) is 30.4 Å². The summed E-state index contributed by atoms with van der Waals surface area (Å²) < 4.78 is 0. The van der Waals surface area contributed by atoms with Crippen molar-refractivity contribution in [3.63, 3.8) is 0 Å². The zero-order valence-electron chi connectivity index (χ0n) is 16.6. The average molecular weight is 419 g/mol. The van der Waals surface area contributed by atoms with Gasteiger partial charge in [0, 0.05) is 23.9 Å². The minimum atomic E-state index is -0.539. The molecule has 2 rings (SSSR count). The van der Waals surface area contributed by atoms with Gasteiger partial charge in [-0.2, -0.15) is 0 Å². The molecule has 0 unspecified atom stereocenters. The van der Waals surface area contributed by atoms with Crippen molar-refractivity contribution in [2.45, 2.75) is 39.1 Å². The smallest absolute Gasteiger partial charge is 0.242 e. The highest BCUT2D eigenvalue weighted by Gasteiger charge is 2.25. The van der Waals surface area contributed by atoms with Crippen LogP contribution in [0.5, 0.6) is 0 Å². The highest BCUT2D eigenvalue weighted by Crippen LogP contribution is 2.17. The van der Waals surface area contributed by atoms with Crippen LogP contribution in [0.1, 0.15) is 30.5 Å². The van der Waals surface area contributed by atoms with Gasteiger partial charge in [-0.1, -0.05) is 53.6 Å². The molecule has 0 fully saturated rings. The third kappa shape index (κ3) is 6.88. The van der Waals surface area contributed by atoms with Crippen LogP contribution in [-0.4, -0.2) is 35.1 Å². The Bertz CT molecular complexity index is 795. The van der Waals surface area contributed by atoms with Gasteiger partial charge in [-0.15, -0.1) is 11.8 Å². The summed E-state index contributed by atoms with van der Waals surface area (Å²) in [4.78, 5) is 26.9. The van der Waals surface area contributed by atoms with Gasteiger partial charge in [0.15, 0.2) is 0 Å². The number of aryl methyl sites for hydroxylation is 1. The highest BCUT2D eigenvalue weighted by molar-refractivity contribution is 7.99. The molecule has 1 atom stereocenters. The van der Waals surface area contributed by atoms with E-state index in [0.29, 0.717) is 23.9 Å². The Hall–Kier alpha value is -1.98. The van der Waals surface area contributed by atoms with E-state index in [-0.39, 0.29) is 11.8 Å². The summed E-state index contributed by atoms with van der Waals surface area (Å²) in [5, 5.41) is 3.45. The van der Waals surface area contributed by atoms with Gasteiger partial charge in [0.25, 0.3) is 0 Å². The van der Waals surface area contributed by atoms with Crippen LogP contribution in [0, 0.1) is 6.92 Å². The monoisotopic (exact) mass is 418 g/mol. The lowest BCUT2D eigenvalue weighted by molar-refractivity contribution is -0.138. The molecule has 28 heavy (non-hydrogen) atoms. The van der Waals surface area contributed by atoms with E-state index >= 15 is 0 Å². The second-order valence-electron chi connectivity index (χ2n) is 6.70. The Labute approximate surface area is 176 Å². The Kier molecular flexibility index (Phi) is 8.87. The van der Waals surface area contributed by atoms with E-state index < -0.39 is 6.04 Å². The molecule has 0 radical (unpaired) electrons. The number of likely N-dealkylation sites (N-methyl/N-ethyl adjacent to an activating group) is 1. The van der Waals surface area contributed by atoms with Gasteiger partial charge in [0.1, 0.15) is 6.04 Å². The molecule has 2 amide bonds. The predicted octanol–water partition coefficient (Wildman–Crippen LogP) is 4.44. The van der Waals surface area contributed by atoms with Gasteiger partial charge < -0.3 is 10.2 Å². The van der Waals surface area contributed by atoms with Gasteiger partial charge in [-0.25, -0.2) is 0 Å². The largest absolute Gasteiger partial charge is 0.355 e. The maximum absolute atomic E-state index is 12.9. The van der Waals surface area contributed by atoms with Crippen LogP contribution in [0.2, 0.25) is 5.02 Å².